The number of hydrogen-bond donors (Lipinski definition) is 2. The van der Waals surface area contributed by atoms with Gasteiger partial charge >= 0.3 is 5.97 Å². The summed E-state index contributed by atoms with van der Waals surface area (Å²) in [6, 6.07) is 7.04. The van der Waals surface area contributed by atoms with Crippen LogP contribution in [-0.2, 0) is 19.1 Å². The molecule has 1 aliphatic rings. The smallest absolute Gasteiger partial charge is 0.308 e. The van der Waals surface area contributed by atoms with Gasteiger partial charge in [-0.25, -0.2) is 0 Å². The lowest BCUT2D eigenvalue weighted by molar-refractivity contribution is -0.144. The molecule has 0 bridgehead atoms. The Morgan fingerprint density at radius 2 is 2.17 bits per heavy atom. The summed E-state index contributed by atoms with van der Waals surface area (Å²) in [5, 5.41) is 6.01. The fraction of sp³-hybridized carbons (Fsp3) is 0.500. The normalized spacial score (nSPS) is 19.0. The molecule has 1 aromatic rings. The first-order valence-electron chi connectivity index (χ1n) is 7.64. The number of carbonyl (C=O) groups excluding carboxylic acids is 2. The van der Waals surface area contributed by atoms with Crippen LogP contribution >= 0.6 is 15.9 Å². The van der Waals surface area contributed by atoms with Gasteiger partial charge in [-0.15, -0.1) is 0 Å². The molecule has 2 unspecified atom stereocenters. The molecule has 7 heteroatoms. The highest BCUT2D eigenvalue weighted by atomic mass is 79.9. The molecule has 1 aliphatic heterocycles. The molecule has 0 saturated carbocycles. The Morgan fingerprint density at radius 1 is 1.43 bits per heavy atom. The van der Waals surface area contributed by atoms with Crippen molar-refractivity contribution in [1.82, 2.24) is 10.6 Å². The van der Waals surface area contributed by atoms with Crippen molar-refractivity contribution in [3.05, 3.63) is 34.3 Å². The van der Waals surface area contributed by atoms with Crippen LogP contribution in [-0.4, -0.2) is 44.3 Å². The van der Waals surface area contributed by atoms with Crippen LogP contribution in [0, 0.1) is 0 Å². The van der Waals surface area contributed by atoms with Crippen LogP contribution in [0.3, 0.4) is 0 Å². The van der Waals surface area contributed by atoms with E-state index >= 15 is 0 Å². The summed E-state index contributed by atoms with van der Waals surface area (Å²) in [4.78, 5) is 24.2. The van der Waals surface area contributed by atoms with E-state index in [1.807, 2.05) is 24.3 Å². The van der Waals surface area contributed by atoms with Crippen molar-refractivity contribution in [1.29, 1.82) is 0 Å². The van der Waals surface area contributed by atoms with E-state index in [1.165, 1.54) is 0 Å². The summed E-state index contributed by atoms with van der Waals surface area (Å²) in [6.07, 6.45) is -0.453. The minimum atomic E-state index is -0.538. The zero-order valence-electron chi connectivity index (χ0n) is 13.0. The van der Waals surface area contributed by atoms with Crippen molar-refractivity contribution in [2.45, 2.75) is 25.5 Å². The van der Waals surface area contributed by atoms with E-state index in [-0.39, 0.29) is 18.3 Å². The van der Waals surface area contributed by atoms with Crippen molar-refractivity contribution in [3.63, 3.8) is 0 Å². The minimum absolute atomic E-state index is 0.0847. The molecule has 1 fully saturated rings. The highest BCUT2D eigenvalue weighted by Crippen LogP contribution is 2.20. The molecule has 23 heavy (non-hydrogen) atoms. The first-order chi connectivity index (χ1) is 11.1. The van der Waals surface area contributed by atoms with Crippen molar-refractivity contribution in [2.24, 2.45) is 0 Å². The number of amides is 1. The van der Waals surface area contributed by atoms with Crippen molar-refractivity contribution < 1.29 is 19.1 Å². The predicted octanol–water partition coefficient (Wildman–Crippen LogP) is 1.55. The minimum Gasteiger partial charge on any atom is -0.466 e. The lowest BCUT2D eigenvalue weighted by Crippen LogP contribution is -2.48. The number of carbonyl (C=O) groups is 2. The van der Waals surface area contributed by atoms with Crippen molar-refractivity contribution >= 4 is 27.8 Å². The van der Waals surface area contributed by atoms with E-state index in [9.17, 15) is 9.59 Å². The van der Waals surface area contributed by atoms with Gasteiger partial charge in [0.1, 0.15) is 6.10 Å². The third-order valence-electron chi connectivity index (χ3n) is 3.49. The Hall–Kier alpha value is -1.44. The Labute approximate surface area is 144 Å². The Bertz CT molecular complexity index is 529. The van der Waals surface area contributed by atoms with Crippen LogP contribution in [0.5, 0.6) is 0 Å². The van der Waals surface area contributed by atoms with E-state index < -0.39 is 12.1 Å². The molecule has 0 spiro atoms. The second kappa shape index (κ2) is 9.00. The topological polar surface area (TPSA) is 76.7 Å². The summed E-state index contributed by atoms with van der Waals surface area (Å²) in [5.74, 6) is -0.571. The van der Waals surface area contributed by atoms with Crippen LogP contribution < -0.4 is 10.6 Å². The maximum Gasteiger partial charge on any atom is 0.308 e. The third kappa shape index (κ3) is 5.60. The Morgan fingerprint density at radius 3 is 2.78 bits per heavy atom. The molecule has 126 valence electrons. The molecule has 0 radical (unpaired) electrons. The number of halogens is 1. The molecule has 1 aromatic carbocycles. The van der Waals surface area contributed by atoms with Gasteiger partial charge in [0.25, 0.3) is 5.91 Å². The summed E-state index contributed by atoms with van der Waals surface area (Å²) in [5.41, 5.74) is 0.846. The van der Waals surface area contributed by atoms with E-state index in [2.05, 4.69) is 26.6 Å². The molecule has 2 atom stereocenters. The molecule has 1 heterocycles. The number of nitrogens with one attached hydrogen (secondary N) is 2. The zero-order chi connectivity index (χ0) is 16.7. The van der Waals surface area contributed by atoms with Crippen LogP contribution in [0.2, 0.25) is 0 Å². The number of morpholine rings is 1. The zero-order valence-corrected chi connectivity index (χ0v) is 14.6. The molecule has 1 amide bonds. The maximum atomic E-state index is 12.4. The van der Waals surface area contributed by atoms with E-state index in [0.717, 1.165) is 16.6 Å². The number of ether oxygens (including phenoxy) is 2. The summed E-state index contributed by atoms with van der Waals surface area (Å²) < 4.78 is 11.4. The summed E-state index contributed by atoms with van der Waals surface area (Å²) in [6.45, 7) is 3.78. The Balaban J connectivity index is 2.07. The van der Waals surface area contributed by atoms with Gasteiger partial charge in [0, 0.05) is 17.6 Å². The summed E-state index contributed by atoms with van der Waals surface area (Å²) in [7, 11) is 0. The second-order valence-electron chi connectivity index (χ2n) is 5.19. The fourth-order valence-electron chi connectivity index (χ4n) is 2.33. The maximum absolute atomic E-state index is 12.4. The highest BCUT2D eigenvalue weighted by Gasteiger charge is 2.26. The van der Waals surface area contributed by atoms with E-state index in [1.54, 1.807) is 6.92 Å². The van der Waals surface area contributed by atoms with Crippen LogP contribution in [0.1, 0.15) is 24.9 Å². The second-order valence-corrected chi connectivity index (χ2v) is 6.10. The number of hydrogen-bond acceptors (Lipinski definition) is 5. The SMILES string of the molecule is CCOC(=O)CC(NC(=O)C1CNCCO1)c1ccc(Br)cc1. The molecular weight excluding hydrogens is 364 g/mol. The average Bonchev–Trinajstić information content (AvgIpc) is 2.56. The first-order valence-corrected chi connectivity index (χ1v) is 8.43. The van der Waals surface area contributed by atoms with Crippen molar-refractivity contribution in [2.75, 3.05) is 26.3 Å². The van der Waals surface area contributed by atoms with Gasteiger partial charge in [0.2, 0.25) is 0 Å². The van der Waals surface area contributed by atoms with Gasteiger partial charge in [-0.1, -0.05) is 28.1 Å². The largest absolute Gasteiger partial charge is 0.466 e. The molecule has 2 rings (SSSR count). The Kier molecular flexibility index (Phi) is 7.01. The number of esters is 1. The fourth-order valence-corrected chi connectivity index (χ4v) is 2.60. The number of rotatable bonds is 6. The molecule has 0 aliphatic carbocycles. The highest BCUT2D eigenvalue weighted by molar-refractivity contribution is 9.10. The predicted molar refractivity (Wildman–Crippen MR) is 88.9 cm³/mol. The lowest BCUT2D eigenvalue weighted by Gasteiger charge is -2.26. The third-order valence-corrected chi connectivity index (χ3v) is 4.01. The molecule has 0 aromatic heterocycles. The van der Waals surface area contributed by atoms with Gasteiger partial charge in [-0.05, 0) is 24.6 Å². The number of benzene rings is 1. The van der Waals surface area contributed by atoms with Gasteiger partial charge in [0.15, 0.2) is 0 Å². The van der Waals surface area contributed by atoms with Crippen LogP contribution in [0.15, 0.2) is 28.7 Å². The molecule has 6 nitrogen and oxygen atoms in total. The standard InChI is InChI=1S/C16H21BrN2O4/c1-2-22-15(20)9-13(11-3-5-12(17)6-4-11)19-16(21)14-10-18-7-8-23-14/h3-6,13-14,18H,2,7-10H2,1H3,(H,19,21). The van der Waals surface area contributed by atoms with E-state index in [0.29, 0.717) is 19.8 Å². The molecule has 1 saturated heterocycles. The molecular formula is C16H21BrN2O4. The lowest BCUT2D eigenvalue weighted by atomic mass is 10.0. The van der Waals surface area contributed by atoms with Gasteiger partial charge in [0.05, 0.1) is 25.7 Å². The summed E-state index contributed by atoms with van der Waals surface area (Å²) >= 11 is 3.38. The van der Waals surface area contributed by atoms with Crippen LogP contribution in [0.25, 0.3) is 0 Å². The first kappa shape index (κ1) is 17.9. The molecule has 2 N–H and O–H groups in total. The van der Waals surface area contributed by atoms with Gasteiger partial charge in [-0.3, -0.25) is 9.59 Å². The van der Waals surface area contributed by atoms with Crippen molar-refractivity contribution in [3.8, 4) is 0 Å². The van der Waals surface area contributed by atoms with E-state index in [4.69, 9.17) is 9.47 Å². The quantitative estimate of drug-likeness (QED) is 0.727. The van der Waals surface area contributed by atoms with Gasteiger partial charge < -0.3 is 20.1 Å². The van der Waals surface area contributed by atoms with Gasteiger partial charge in [-0.2, -0.15) is 0 Å². The average molecular weight is 385 g/mol. The van der Waals surface area contributed by atoms with Crippen LogP contribution in [0.4, 0.5) is 0 Å². The monoisotopic (exact) mass is 384 g/mol.